The van der Waals surface area contributed by atoms with Crippen molar-refractivity contribution in [3.8, 4) is 17.1 Å². The number of Topliss-reactive ketones (excluding diaryl/α,β-unsaturated/α-hetero) is 1. The molecule has 6 nitrogen and oxygen atoms in total. The van der Waals surface area contributed by atoms with Crippen LogP contribution in [0.1, 0.15) is 63.6 Å². The third-order valence-electron chi connectivity index (χ3n) is 6.60. The van der Waals surface area contributed by atoms with Gasteiger partial charge in [-0.05, 0) is 53.1 Å². The fourth-order valence-corrected chi connectivity index (χ4v) is 4.84. The van der Waals surface area contributed by atoms with Gasteiger partial charge in [-0.3, -0.25) is 4.79 Å². The number of methoxy groups -OCH3 is 1. The molecule has 1 atom stereocenters. The average Bonchev–Trinajstić information content (AvgIpc) is 3.20. The second-order valence-electron chi connectivity index (χ2n) is 10.1. The Hall–Kier alpha value is -3.41. The third-order valence-corrected chi connectivity index (χ3v) is 6.60. The molecule has 6 heteroatoms. The zero-order valence-corrected chi connectivity index (χ0v) is 19.8. The Morgan fingerprint density at radius 3 is 2.39 bits per heavy atom. The van der Waals surface area contributed by atoms with Crippen molar-refractivity contribution in [3.05, 3.63) is 70.9 Å². The van der Waals surface area contributed by atoms with E-state index in [2.05, 4.69) is 57.3 Å². The largest absolute Gasteiger partial charge is 0.497 e. The molecule has 0 spiro atoms. The smallest absolute Gasteiger partial charge is 0.226 e. The summed E-state index contributed by atoms with van der Waals surface area (Å²) in [6.07, 6.45) is 1.34. The van der Waals surface area contributed by atoms with Gasteiger partial charge in [-0.2, -0.15) is 4.98 Å². The van der Waals surface area contributed by atoms with Gasteiger partial charge >= 0.3 is 0 Å². The maximum Gasteiger partial charge on any atom is 0.226 e. The zero-order chi connectivity index (χ0) is 23.3. The molecule has 0 amide bonds. The highest BCUT2D eigenvalue weighted by Crippen LogP contribution is 2.45. The van der Waals surface area contributed by atoms with Crippen molar-refractivity contribution in [1.82, 2.24) is 14.8 Å². The molecule has 0 radical (unpaired) electrons. The molecule has 3 aromatic rings. The van der Waals surface area contributed by atoms with Gasteiger partial charge in [0.2, 0.25) is 5.95 Å². The third kappa shape index (κ3) is 3.84. The molecular weight excluding hydrogens is 412 g/mol. The second kappa shape index (κ2) is 7.87. The maximum absolute atomic E-state index is 13.4. The highest BCUT2D eigenvalue weighted by molar-refractivity contribution is 6.00. The number of carbonyl (C=O) groups is 1. The summed E-state index contributed by atoms with van der Waals surface area (Å²) in [6, 6.07) is 16.0. The van der Waals surface area contributed by atoms with Crippen molar-refractivity contribution in [3.63, 3.8) is 0 Å². The van der Waals surface area contributed by atoms with Crippen LogP contribution in [0.15, 0.2) is 59.8 Å². The first kappa shape index (κ1) is 21.4. The summed E-state index contributed by atoms with van der Waals surface area (Å²) in [5.41, 5.74) is 4.92. The maximum atomic E-state index is 13.4. The number of nitrogens with zero attached hydrogens (tertiary/aromatic N) is 3. The molecule has 2 aliphatic rings. The quantitative estimate of drug-likeness (QED) is 0.558. The van der Waals surface area contributed by atoms with Gasteiger partial charge in [0.15, 0.2) is 11.6 Å². The molecule has 170 valence electrons. The molecule has 1 N–H and O–H groups in total. The number of ketones is 1. The summed E-state index contributed by atoms with van der Waals surface area (Å²) in [5, 5.41) is 8.32. The highest BCUT2D eigenvalue weighted by atomic mass is 16.5. The van der Waals surface area contributed by atoms with Crippen LogP contribution in [0.2, 0.25) is 0 Å². The Labute approximate surface area is 194 Å². The molecule has 2 heterocycles. The molecule has 0 bridgehead atoms. The predicted octanol–water partition coefficient (Wildman–Crippen LogP) is 5.74. The lowest BCUT2D eigenvalue weighted by Gasteiger charge is -2.38. The number of carbonyl (C=O) groups excluding carboxylic acids is 1. The Kier molecular flexibility index (Phi) is 5.11. The molecule has 1 aliphatic heterocycles. The Morgan fingerprint density at radius 2 is 1.76 bits per heavy atom. The lowest BCUT2D eigenvalue weighted by atomic mass is 9.73. The topological polar surface area (TPSA) is 69.0 Å². The second-order valence-corrected chi connectivity index (χ2v) is 10.1. The first-order valence-electron chi connectivity index (χ1n) is 11.5. The van der Waals surface area contributed by atoms with E-state index in [-0.39, 0.29) is 17.2 Å². The Bertz CT molecular complexity index is 1230. The van der Waals surface area contributed by atoms with Crippen molar-refractivity contribution < 1.29 is 9.53 Å². The summed E-state index contributed by atoms with van der Waals surface area (Å²) in [7, 11) is 1.65. The highest BCUT2D eigenvalue weighted by Gasteiger charge is 2.41. The first-order chi connectivity index (χ1) is 15.8. The van der Waals surface area contributed by atoms with Gasteiger partial charge in [0, 0.05) is 23.3 Å². The lowest BCUT2D eigenvalue weighted by Crippen LogP contribution is -2.36. The monoisotopic (exact) mass is 442 g/mol. The van der Waals surface area contributed by atoms with Crippen LogP contribution in [0.4, 0.5) is 5.95 Å². The van der Waals surface area contributed by atoms with Crippen LogP contribution < -0.4 is 10.1 Å². The number of ether oxygens (including phenoxy) is 1. The SMILES string of the molecule is COc1ccc(-c2nc3n(n2)C(c2ccc(C(C)C)cc2)C2=C(CC(C)(C)CC2=O)N3)cc1. The minimum absolute atomic E-state index is 0.0873. The van der Waals surface area contributed by atoms with E-state index < -0.39 is 0 Å². The van der Waals surface area contributed by atoms with Crippen LogP contribution in [0.25, 0.3) is 11.4 Å². The number of allylic oxidation sites excluding steroid dienone is 2. The standard InChI is InChI=1S/C27H30N4O2/c1-16(2)17-6-8-18(9-7-17)24-23-21(14-27(3,4)15-22(23)32)28-26-29-25(30-31(24)26)19-10-12-20(33-5)13-11-19/h6-13,16,24H,14-15H2,1-5H3,(H,28,29,30). The first-order valence-corrected chi connectivity index (χ1v) is 11.5. The van der Waals surface area contributed by atoms with Crippen LogP contribution in [0, 0.1) is 5.41 Å². The van der Waals surface area contributed by atoms with Crippen molar-refractivity contribution in [1.29, 1.82) is 0 Å². The minimum atomic E-state index is -0.291. The number of benzene rings is 2. The predicted molar refractivity (Wildman–Crippen MR) is 129 cm³/mol. The van der Waals surface area contributed by atoms with E-state index in [9.17, 15) is 4.79 Å². The van der Waals surface area contributed by atoms with Crippen LogP contribution in [-0.2, 0) is 4.79 Å². The molecule has 0 fully saturated rings. The number of anilines is 1. The van der Waals surface area contributed by atoms with Crippen LogP contribution in [-0.4, -0.2) is 27.7 Å². The number of nitrogens with one attached hydrogen (secondary N) is 1. The van der Waals surface area contributed by atoms with Crippen LogP contribution in [0.5, 0.6) is 5.75 Å². The molecule has 1 unspecified atom stereocenters. The molecule has 5 rings (SSSR count). The fraction of sp³-hybridized carbons (Fsp3) is 0.370. The summed E-state index contributed by atoms with van der Waals surface area (Å²) < 4.78 is 7.15. The van der Waals surface area contributed by atoms with Crippen molar-refractivity contribution in [2.75, 3.05) is 12.4 Å². The molecular formula is C27H30N4O2. The number of hydrogen-bond acceptors (Lipinski definition) is 5. The Balaban J connectivity index is 1.63. The normalized spacial score (nSPS) is 19.2. The van der Waals surface area contributed by atoms with E-state index in [1.54, 1.807) is 7.11 Å². The summed E-state index contributed by atoms with van der Waals surface area (Å²) in [6.45, 7) is 8.66. The molecule has 0 saturated carbocycles. The summed E-state index contributed by atoms with van der Waals surface area (Å²) >= 11 is 0. The van der Waals surface area contributed by atoms with Gasteiger partial charge in [-0.1, -0.05) is 52.0 Å². The van der Waals surface area contributed by atoms with E-state index in [1.165, 1.54) is 5.56 Å². The zero-order valence-electron chi connectivity index (χ0n) is 19.8. The average molecular weight is 443 g/mol. The van der Waals surface area contributed by atoms with Gasteiger partial charge in [0.1, 0.15) is 11.8 Å². The summed E-state index contributed by atoms with van der Waals surface area (Å²) in [4.78, 5) is 18.2. The van der Waals surface area contributed by atoms with E-state index >= 15 is 0 Å². The van der Waals surface area contributed by atoms with Gasteiger partial charge < -0.3 is 10.1 Å². The Morgan fingerprint density at radius 1 is 1.06 bits per heavy atom. The van der Waals surface area contributed by atoms with Crippen molar-refractivity contribution >= 4 is 11.7 Å². The van der Waals surface area contributed by atoms with E-state index in [1.807, 2.05) is 28.9 Å². The van der Waals surface area contributed by atoms with Crippen LogP contribution in [0.3, 0.4) is 0 Å². The number of aromatic nitrogens is 3. The molecule has 1 aromatic heterocycles. The molecule has 2 aromatic carbocycles. The van der Waals surface area contributed by atoms with Crippen molar-refractivity contribution in [2.24, 2.45) is 5.41 Å². The van der Waals surface area contributed by atoms with Gasteiger partial charge in [0.05, 0.1) is 7.11 Å². The van der Waals surface area contributed by atoms with E-state index in [0.29, 0.717) is 24.1 Å². The van der Waals surface area contributed by atoms with E-state index in [4.69, 9.17) is 14.8 Å². The van der Waals surface area contributed by atoms with Gasteiger partial charge in [-0.25, -0.2) is 4.68 Å². The number of rotatable bonds is 4. The minimum Gasteiger partial charge on any atom is -0.497 e. The van der Waals surface area contributed by atoms with Crippen LogP contribution >= 0.6 is 0 Å². The van der Waals surface area contributed by atoms with Gasteiger partial charge in [-0.15, -0.1) is 5.10 Å². The molecule has 0 saturated heterocycles. The van der Waals surface area contributed by atoms with E-state index in [0.717, 1.165) is 34.6 Å². The molecule has 33 heavy (non-hydrogen) atoms. The number of fused-ring (bicyclic) bond motifs is 1. The summed E-state index contributed by atoms with van der Waals surface area (Å²) in [5.74, 6) is 2.70. The number of hydrogen-bond donors (Lipinski definition) is 1. The fourth-order valence-electron chi connectivity index (χ4n) is 4.84. The lowest BCUT2D eigenvalue weighted by molar-refractivity contribution is -0.118. The van der Waals surface area contributed by atoms with Gasteiger partial charge in [0.25, 0.3) is 0 Å². The van der Waals surface area contributed by atoms with Crippen molar-refractivity contribution in [2.45, 2.75) is 52.5 Å². The molecule has 1 aliphatic carbocycles.